The highest BCUT2D eigenvalue weighted by Gasteiger charge is 2.21. The van der Waals surface area contributed by atoms with Crippen molar-refractivity contribution in [1.29, 1.82) is 0 Å². The molecule has 0 bridgehead atoms. The summed E-state index contributed by atoms with van der Waals surface area (Å²) >= 11 is 5.47. The molecule has 1 saturated heterocycles. The largest absolute Gasteiger partial charge is 0.508 e. The quantitative estimate of drug-likeness (QED) is 0.454. The maximum Gasteiger partial charge on any atom is 0.213 e. The Bertz CT molecular complexity index is 898. The number of pyridine rings is 1. The summed E-state index contributed by atoms with van der Waals surface area (Å²) in [4.78, 5) is 8.18. The molecule has 4 rings (SSSR count). The first-order valence-corrected chi connectivity index (χ1v) is 9.46. The Morgan fingerprint density at radius 2 is 1.89 bits per heavy atom. The molecule has 28 heavy (non-hydrogen) atoms. The molecule has 0 unspecified atom stereocenters. The van der Waals surface area contributed by atoms with Crippen LogP contribution in [-0.4, -0.2) is 58.6 Å². The fourth-order valence-electron chi connectivity index (χ4n) is 3.25. The Morgan fingerprint density at radius 3 is 2.64 bits per heavy atom. The van der Waals surface area contributed by atoms with Crippen molar-refractivity contribution in [2.75, 3.05) is 37.7 Å². The molecule has 9 heteroatoms. The molecule has 2 N–H and O–H groups in total. The van der Waals surface area contributed by atoms with Crippen LogP contribution in [0.15, 0.2) is 41.5 Å². The van der Waals surface area contributed by atoms with Gasteiger partial charge in [0, 0.05) is 38.3 Å². The van der Waals surface area contributed by atoms with Crippen LogP contribution >= 0.6 is 12.2 Å². The second-order valence-corrected chi connectivity index (χ2v) is 6.93. The molecule has 0 spiro atoms. The summed E-state index contributed by atoms with van der Waals surface area (Å²) in [5, 5.41) is 14.3. The van der Waals surface area contributed by atoms with Crippen LogP contribution in [0, 0.1) is 5.95 Å². The molecule has 146 valence electrons. The van der Waals surface area contributed by atoms with Crippen molar-refractivity contribution < 1.29 is 14.2 Å². The van der Waals surface area contributed by atoms with E-state index in [0.29, 0.717) is 35.3 Å². The summed E-state index contributed by atoms with van der Waals surface area (Å²) < 4.78 is 19.0. The number of nitrogens with one attached hydrogen (secondary N) is 1. The van der Waals surface area contributed by atoms with E-state index in [2.05, 4.69) is 25.3 Å². The summed E-state index contributed by atoms with van der Waals surface area (Å²) in [6.07, 6.45) is 0.535. The Hall–Kier alpha value is -2.94. The van der Waals surface area contributed by atoms with Crippen LogP contribution in [0.5, 0.6) is 11.5 Å². The lowest BCUT2D eigenvalue weighted by Gasteiger charge is -2.37. The maximum absolute atomic E-state index is 13.5. The first-order valence-electron chi connectivity index (χ1n) is 9.05. The molecular formula is C19H20FN5O2S. The summed E-state index contributed by atoms with van der Waals surface area (Å²) in [5.74, 6) is 0.224. The second kappa shape index (κ2) is 7.97. The summed E-state index contributed by atoms with van der Waals surface area (Å²) in [6.45, 7) is 3.60. The maximum atomic E-state index is 13.5. The number of aromatic nitrogens is 1. The van der Waals surface area contributed by atoms with Gasteiger partial charge in [0.05, 0.1) is 12.3 Å². The number of piperazine rings is 1. The second-order valence-electron chi connectivity index (χ2n) is 6.55. The van der Waals surface area contributed by atoms with Crippen molar-refractivity contribution in [3.63, 3.8) is 0 Å². The van der Waals surface area contributed by atoms with Gasteiger partial charge < -0.3 is 19.6 Å². The predicted molar refractivity (Wildman–Crippen MR) is 108 cm³/mol. The predicted octanol–water partition coefficient (Wildman–Crippen LogP) is 2.11. The third kappa shape index (κ3) is 3.99. The molecule has 2 aromatic rings. The van der Waals surface area contributed by atoms with Gasteiger partial charge in [-0.05, 0) is 48.6 Å². The minimum Gasteiger partial charge on any atom is -0.508 e. The number of halogens is 1. The Morgan fingerprint density at radius 1 is 1.14 bits per heavy atom. The van der Waals surface area contributed by atoms with E-state index in [1.54, 1.807) is 18.2 Å². The highest BCUT2D eigenvalue weighted by Crippen LogP contribution is 2.23. The number of phenols is 1. The van der Waals surface area contributed by atoms with Gasteiger partial charge >= 0.3 is 0 Å². The summed E-state index contributed by atoms with van der Waals surface area (Å²) in [7, 11) is 0. The van der Waals surface area contributed by atoms with Crippen molar-refractivity contribution in [2.24, 2.45) is 5.10 Å². The van der Waals surface area contributed by atoms with Gasteiger partial charge in [-0.25, -0.2) is 4.98 Å². The van der Waals surface area contributed by atoms with E-state index in [4.69, 9.17) is 17.0 Å². The normalized spacial score (nSPS) is 17.8. The number of aromatic hydroxyl groups is 1. The molecular weight excluding hydrogens is 381 g/mol. The van der Waals surface area contributed by atoms with E-state index in [1.807, 2.05) is 12.1 Å². The number of nitrogens with zero attached hydrogens (tertiary/aromatic N) is 4. The zero-order valence-corrected chi connectivity index (χ0v) is 16.0. The average Bonchev–Trinajstić information content (AvgIpc) is 2.72. The molecule has 7 nitrogen and oxygen atoms in total. The monoisotopic (exact) mass is 401 g/mol. The van der Waals surface area contributed by atoms with Gasteiger partial charge in [-0.3, -0.25) is 5.43 Å². The molecule has 0 saturated carbocycles. The SMILES string of the molecule is Oc1ccc(N2CCN(C(=S)N/N=C3/CCOc4ccc(F)nc43)CC2)cc1. The summed E-state index contributed by atoms with van der Waals surface area (Å²) in [6, 6.07) is 10.0. The Kier molecular flexibility index (Phi) is 5.25. The van der Waals surface area contributed by atoms with E-state index in [0.717, 1.165) is 31.9 Å². The smallest absolute Gasteiger partial charge is 0.213 e. The fraction of sp³-hybridized carbons (Fsp3) is 0.316. The molecule has 0 amide bonds. The van der Waals surface area contributed by atoms with Crippen molar-refractivity contribution >= 4 is 28.7 Å². The van der Waals surface area contributed by atoms with Gasteiger partial charge in [0.25, 0.3) is 0 Å². The van der Waals surface area contributed by atoms with Crippen LogP contribution in [0.25, 0.3) is 0 Å². The van der Waals surface area contributed by atoms with E-state index >= 15 is 0 Å². The van der Waals surface area contributed by atoms with Crippen molar-refractivity contribution in [3.05, 3.63) is 48.0 Å². The van der Waals surface area contributed by atoms with E-state index in [-0.39, 0.29) is 5.75 Å². The lowest BCUT2D eigenvalue weighted by molar-refractivity contribution is 0.316. The third-order valence-corrected chi connectivity index (χ3v) is 5.11. The molecule has 3 heterocycles. The molecule has 0 aliphatic carbocycles. The standard InChI is InChI=1S/C19H20FN5O2S/c20-17-6-5-16-18(21-17)15(7-12-27-16)22-23-19(28)25-10-8-24(9-11-25)13-1-3-14(26)4-2-13/h1-6,26H,7-12H2,(H,23,28)/b22-15-. The van der Waals surface area contributed by atoms with Gasteiger partial charge in [0.1, 0.15) is 17.2 Å². The summed E-state index contributed by atoms with van der Waals surface area (Å²) in [5.41, 5.74) is 5.04. The van der Waals surface area contributed by atoms with Crippen molar-refractivity contribution in [2.45, 2.75) is 6.42 Å². The van der Waals surface area contributed by atoms with Gasteiger partial charge in [-0.1, -0.05) is 0 Å². The number of benzene rings is 1. The van der Waals surface area contributed by atoms with E-state index in [1.165, 1.54) is 6.07 Å². The highest BCUT2D eigenvalue weighted by molar-refractivity contribution is 7.80. The molecule has 2 aliphatic rings. The zero-order chi connectivity index (χ0) is 19.5. The average molecular weight is 401 g/mol. The molecule has 2 aliphatic heterocycles. The number of fused-ring (bicyclic) bond motifs is 1. The van der Waals surface area contributed by atoms with Crippen molar-refractivity contribution in [3.8, 4) is 11.5 Å². The zero-order valence-electron chi connectivity index (χ0n) is 15.1. The van der Waals surface area contributed by atoms with E-state index < -0.39 is 5.95 Å². The molecule has 1 aromatic heterocycles. The lowest BCUT2D eigenvalue weighted by atomic mass is 10.1. The third-order valence-electron chi connectivity index (χ3n) is 4.76. The Labute approximate surface area is 167 Å². The number of rotatable bonds is 2. The van der Waals surface area contributed by atoms with Crippen LogP contribution in [-0.2, 0) is 0 Å². The first-order chi connectivity index (χ1) is 13.6. The van der Waals surface area contributed by atoms with Crippen LogP contribution in [0.3, 0.4) is 0 Å². The van der Waals surface area contributed by atoms with E-state index in [9.17, 15) is 9.50 Å². The van der Waals surface area contributed by atoms with Gasteiger partial charge in [0.2, 0.25) is 5.95 Å². The minimum atomic E-state index is -0.565. The number of anilines is 1. The Balaban J connectivity index is 1.36. The molecule has 0 radical (unpaired) electrons. The number of phenolic OH excluding ortho intramolecular Hbond substituents is 1. The molecule has 1 aromatic carbocycles. The number of ether oxygens (including phenoxy) is 1. The first kappa shape index (κ1) is 18.4. The molecule has 0 atom stereocenters. The minimum absolute atomic E-state index is 0.260. The number of thiocarbonyl (C=S) groups is 1. The topological polar surface area (TPSA) is 73.2 Å². The fourth-order valence-corrected chi connectivity index (χ4v) is 3.48. The van der Waals surface area contributed by atoms with Crippen LogP contribution in [0.4, 0.5) is 10.1 Å². The number of hydrogen-bond acceptors (Lipinski definition) is 6. The van der Waals surface area contributed by atoms with Crippen LogP contribution < -0.4 is 15.1 Å². The molecule has 1 fully saturated rings. The van der Waals surface area contributed by atoms with Gasteiger partial charge in [-0.15, -0.1) is 0 Å². The van der Waals surface area contributed by atoms with Crippen LogP contribution in [0.2, 0.25) is 0 Å². The van der Waals surface area contributed by atoms with Gasteiger partial charge in [0.15, 0.2) is 5.11 Å². The number of hydrazone groups is 1. The lowest BCUT2D eigenvalue weighted by Crippen LogP contribution is -2.51. The van der Waals surface area contributed by atoms with Gasteiger partial charge in [-0.2, -0.15) is 9.49 Å². The van der Waals surface area contributed by atoms with Crippen LogP contribution in [0.1, 0.15) is 12.1 Å². The number of hydrogen-bond donors (Lipinski definition) is 2. The van der Waals surface area contributed by atoms with Crippen molar-refractivity contribution in [1.82, 2.24) is 15.3 Å². The highest BCUT2D eigenvalue weighted by atomic mass is 32.1.